The highest BCUT2D eigenvalue weighted by molar-refractivity contribution is 6.35. The summed E-state index contributed by atoms with van der Waals surface area (Å²) in [4.78, 5) is 22.6. The van der Waals surface area contributed by atoms with Gasteiger partial charge in [-0.25, -0.2) is 4.79 Å². The first-order valence-electron chi connectivity index (χ1n) is 4.51. The summed E-state index contributed by atoms with van der Waals surface area (Å²) in [5.41, 5.74) is 0.0918. The van der Waals surface area contributed by atoms with Crippen molar-refractivity contribution in [1.29, 1.82) is 5.41 Å². The van der Waals surface area contributed by atoms with E-state index in [1.54, 1.807) is 0 Å². The molecule has 0 aliphatic heterocycles. The topological polar surface area (TPSA) is 72.2 Å². The zero-order valence-electron chi connectivity index (χ0n) is 8.86. The van der Waals surface area contributed by atoms with E-state index in [1.807, 2.05) is 0 Å². The Balaban J connectivity index is 3.09. The van der Waals surface area contributed by atoms with Crippen LogP contribution in [0.25, 0.3) is 0 Å². The molecule has 1 atom stereocenters. The highest BCUT2D eigenvalue weighted by atomic mass is 35.5. The predicted octanol–water partition coefficient (Wildman–Crippen LogP) is 0.924. The van der Waals surface area contributed by atoms with Gasteiger partial charge in [0.05, 0.1) is 12.1 Å². The van der Waals surface area contributed by atoms with Gasteiger partial charge in [-0.2, -0.15) is 0 Å². The molecule has 1 aromatic heterocycles. The minimum absolute atomic E-state index is 0.0918. The van der Waals surface area contributed by atoms with Crippen LogP contribution in [0.2, 0.25) is 5.02 Å². The molecule has 1 aromatic rings. The first-order chi connectivity index (χ1) is 7.47. The van der Waals surface area contributed by atoms with Crippen LogP contribution >= 0.6 is 11.6 Å². The maximum atomic E-state index is 11.5. The molecule has 5 nitrogen and oxygen atoms in total. The van der Waals surface area contributed by atoms with E-state index in [1.165, 1.54) is 29.8 Å². The van der Waals surface area contributed by atoms with Gasteiger partial charge in [0.25, 0.3) is 5.78 Å². The smallest absolute Gasteiger partial charge is 0.376 e. The average Bonchev–Trinajstić information content (AvgIpc) is 2.29. The fourth-order valence-corrected chi connectivity index (χ4v) is 1.38. The molecule has 0 amide bonds. The molecule has 0 aliphatic carbocycles. The summed E-state index contributed by atoms with van der Waals surface area (Å²) in [6.45, 7) is 1.51. The van der Waals surface area contributed by atoms with Crippen molar-refractivity contribution in [2.45, 2.75) is 13.0 Å². The van der Waals surface area contributed by atoms with Crippen molar-refractivity contribution >= 4 is 23.4 Å². The molecule has 1 N–H and O–H groups in total. The molecule has 1 heterocycles. The van der Waals surface area contributed by atoms with Gasteiger partial charge in [0.15, 0.2) is 0 Å². The molecule has 16 heavy (non-hydrogen) atoms. The average molecular weight is 243 g/mol. The third-order valence-electron chi connectivity index (χ3n) is 2.12. The van der Waals surface area contributed by atoms with E-state index in [4.69, 9.17) is 17.0 Å². The lowest BCUT2D eigenvalue weighted by Crippen LogP contribution is -2.31. The summed E-state index contributed by atoms with van der Waals surface area (Å²) in [7, 11) is 1.14. The second-order valence-corrected chi connectivity index (χ2v) is 3.61. The molecule has 0 aliphatic rings. The number of pyridine rings is 1. The second kappa shape index (κ2) is 4.94. The van der Waals surface area contributed by atoms with E-state index in [0.717, 1.165) is 7.11 Å². The highest BCUT2D eigenvalue weighted by Crippen LogP contribution is 2.09. The Bertz CT molecular complexity index is 481. The van der Waals surface area contributed by atoms with Gasteiger partial charge < -0.3 is 9.30 Å². The summed E-state index contributed by atoms with van der Waals surface area (Å²) >= 11 is 5.75. The summed E-state index contributed by atoms with van der Waals surface area (Å²) in [5, 5.41) is 7.98. The van der Waals surface area contributed by atoms with Gasteiger partial charge in [-0.15, -0.1) is 0 Å². The number of carbonyl (C=O) groups is 2. The van der Waals surface area contributed by atoms with Crippen molar-refractivity contribution in [1.82, 2.24) is 4.57 Å². The zero-order valence-corrected chi connectivity index (χ0v) is 9.62. The van der Waals surface area contributed by atoms with Gasteiger partial charge in [0.1, 0.15) is 11.5 Å². The Morgan fingerprint density at radius 1 is 1.50 bits per heavy atom. The van der Waals surface area contributed by atoms with Crippen LogP contribution in [0.1, 0.15) is 13.0 Å². The van der Waals surface area contributed by atoms with Gasteiger partial charge in [0.2, 0.25) is 0 Å². The van der Waals surface area contributed by atoms with Crippen LogP contribution in [-0.2, 0) is 14.3 Å². The number of ether oxygens (including phenoxy) is 1. The Labute approximate surface area is 97.1 Å². The number of nitrogens with one attached hydrogen (secondary N) is 1. The van der Waals surface area contributed by atoms with Crippen LogP contribution in [0.5, 0.6) is 0 Å². The van der Waals surface area contributed by atoms with E-state index >= 15 is 0 Å². The molecule has 0 bridgehead atoms. The molecule has 0 saturated heterocycles. The van der Waals surface area contributed by atoms with Crippen molar-refractivity contribution in [2.75, 3.05) is 7.11 Å². The van der Waals surface area contributed by atoms with Gasteiger partial charge >= 0.3 is 5.97 Å². The molecular formula is C10H11ClN2O3. The van der Waals surface area contributed by atoms with E-state index in [9.17, 15) is 9.59 Å². The number of carbonyl (C=O) groups excluding carboxylic acids is 2. The number of hydrogen-bond acceptors (Lipinski definition) is 4. The van der Waals surface area contributed by atoms with Crippen LogP contribution in [0.3, 0.4) is 0 Å². The third kappa shape index (κ3) is 2.49. The normalized spacial score (nSPS) is 11.9. The maximum Gasteiger partial charge on any atom is 0.376 e. The standard InChI is InChI=1S/C10H11ClN2O3/c1-6(9(14)10(15)16-2)13-5-7(11)3-4-8(13)12/h3-6,12H,1-2H3. The van der Waals surface area contributed by atoms with Crippen LogP contribution in [0.4, 0.5) is 0 Å². The van der Waals surface area contributed by atoms with Crippen LogP contribution in [0.15, 0.2) is 18.3 Å². The van der Waals surface area contributed by atoms with E-state index in [-0.39, 0.29) is 5.49 Å². The largest absolute Gasteiger partial charge is 0.463 e. The molecule has 1 rings (SSSR count). The number of ketones is 1. The number of methoxy groups -OCH3 is 1. The SMILES string of the molecule is COC(=O)C(=O)C(C)n1cc(Cl)ccc1=N. The summed E-state index contributed by atoms with van der Waals surface area (Å²) in [6.07, 6.45) is 1.43. The van der Waals surface area contributed by atoms with Crippen LogP contribution in [0, 0.1) is 5.41 Å². The fourth-order valence-electron chi connectivity index (χ4n) is 1.21. The lowest BCUT2D eigenvalue weighted by atomic mass is 10.2. The van der Waals surface area contributed by atoms with E-state index in [2.05, 4.69) is 4.74 Å². The first-order valence-corrected chi connectivity index (χ1v) is 4.89. The maximum absolute atomic E-state index is 11.5. The molecular weight excluding hydrogens is 232 g/mol. The van der Waals surface area contributed by atoms with Crippen LogP contribution in [-0.4, -0.2) is 23.4 Å². The first kappa shape index (κ1) is 12.4. The second-order valence-electron chi connectivity index (χ2n) is 3.17. The third-order valence-corrected chi connectivity index (χ3v) is 2.35. The Morgan fingerprint density at radius 3 is 2.69 bits per heavy atom. The minimum atomic E-state index is -0.931. The Morgan fingerprint density at radius 2 is 2.12 bits per heavy atom. The summed E-state index contributed by atoms with van der Waals surface area (Å²) in [5.74, 6) is -1.65. The molecule has 0 aromatic carbocycles. The number of rotatable bonds is 3. The summed E-state index contributed by atoms with van der Waals surface area (Å²) in [6, 6.07) is 2.18. The number of esters is 1. The van der Waals surface area contributed by atoms with Crippen molar-refractivity contribution in [3.8, 4) is 0 Å². The molecule has 0 saturated carbocycles. The molecule has 0 fully saturated rings. The van der Waals surface area contributed by atoms with Gasteiger partial charge in [-0.3, -0.25) is 10.2 Å². The van der Waals surface area contributed by atoms with Crippen LogP contribution < -0.4 is 5.49 Å². The van der Waals surface area contributed by atoms with Crippen molar-refractivity contribution < 1.29 is 14.3 Å². The minimum Gasteiger partial charge on any atom is -0.463 e. The van der Waals surface area contributed by atoms with Crippen molar-refractivity contribution in [3.05, 3.63) is 28.8 Å². The molecule has 6 heteroatoms. The van der Waals surface area contributed by atoms with E-state index < -0.39 is 17.8 Å². The van der Waals surface area contributed by atoms with Crippen molar-refractivity contribution in [2.24, 2.45) is 0 Å². The molecule has 1 unspecified atom stereocenters. The zero-order chi connectivity index (χ0) is 12.3. The van der Waals surface area contributed by atoms with Gasteiger partial charge in [-0.1, -0.05) is 11.6 Å². The number of nitrogens with zero attached hydrogens (tertiary/aromatic N) is 1. The Hall–Kier alpha value is -1.62. The predicted molar refractivity (Wildman–Crippen MR) is 57.0 cm³/mol. The van der Waals surface area contributed by atoms with Gasteiger partial charge in [-0.05, 0) is 19.1 Å². The highest BCUT2D eigenvalue weighted by Gasteiger charge is 2.23. The lowest BCUT2D eigenvalue weighted by Gasteiger charge is -2.13. The monoisotopic (exact) mass is 242 g/mol. The van der Waals surface area contributed by atoms with Crippen molar-refractivity contribution in [3.63, 3.8) is 0 Å². The van der Waals surface area contributed by atoms with Gasteiger partial charge in [0, 0.05) is 6.20 Å². The Kier molecular flexibility index (Phi) is 3.84. The number of aromatic nitrogens is 1. The van der Waals surface area contributed by atoms with E-state index in [0.29, 0.717) is 5.02 Å². The number of Topliss-reactive ketones (excluding diaryl/α,β-unsaturated/α-hetero) is 1. The number of hydrogen-bond donors (Lipinski definition) is 1. The number of halogens is 1. The lowest BCUT2D eigenvalue weighted by molar-refractivity contribution is -0.153. The summed E-state index contributed by atoms with van der Waals surface area (Å²) < 4.78 is 5.64. The molecule has 0 radical (unpaired) electrons. The quantitative estimate of drug-likeness (QED) is 0.633. The fraction of sp³-hybridized carbons (Fsp3) is 0.300. The molecule has 86 valence electrons. The molecule has 0 spiro atoms.